The van der Waals surface area contributed by atoms with Crippen LogP contribution in [0.5, 0.6) is 0 Å². The van der Waals surface area contributed by atoms with Gasteiger partial charge < -0.3 is 5.32 Å². The minimum Gasteiger partial charge on any atom is -0.346 e. The molecule has 3 nitrogen and oxygen atoms in total. The topological polar surface area (TPSA) is 42.0 Å². The highest BCUT2D eigenvalue weighted by atomic mass is 35.5. The molecule has 0 fully saturated rings. The van der Waals surface area contributed by atoms with E-state index in [4.69, 9.17) is 11.6 Å². The van der Waals surface area contributed by atoms with Gasteiger partial charge in [0.05, 0.1) is 6.04 Å². The van der Waals surface area contributed by atoms with Crippen molar-refractivity contribution in [3.63, 3.8) is 0 Å². The summed E-state index contributed by atoms with van der Waals surface area (Å²) in [4.78, 5) is 15.9. The quantitative estimate of drug-likeness (QED) is 0.921. The van der Waals surface area contributed by atoms with Gasteiger partial charge in [-0.15, -0.1) is 0 Å². The molecule has 1 N–H and O–H groups in total. The van der Waals surface area contributed by atoms with Gasteiger partial charge in [-0.05, 0) is 48.9 Å². The third-order valence-electron chi connectivity index (χ3n) is 2.66. The van der Waals surface area contributed by atoms with Gasteiger partial charge >= 0.3 is 0 Å². The van der Waals surface area contributed by atoms with E-state index in [2.05, 4.69) is 10.3 Å². The molecule has 0 radical (unpaired) electrons. The van der Waals surface area contributed by atoms with Gasteiger partial charge in [-0.25, -0.2) is 0 Å². The second-order valence-corrected chi connectivity index (χ2v) is 4.42. The molecule has 0 aliphatic carbocycles. The third-order valence-corrected chi connectivity index (χ3v) is 2.91. The lowest BCUT2D eigenvalue weighted by Crippen LogP contribution is -2.26. The van der Waals surface area contributed by atoms with Crippen LogP contribution in [0.1, 0.15) is 28.9 Å². The van der Waals surface area contributed by atoms with Crippen LogP contribution in [0.4, 0.5) is 0 Å². The van der Waals surface area contributed by atoms with E-state index < -0.39 is 0 Å². The van der Waals surface area contributed by atoms with Crippen LogP contribution in [-0.4, -0.2) is 10.9 Å². The van der Waals surface area contributed by atoms with Crippen LogP contribution in [0, 0.1) is 0 Å². The number of rotatable bonds is 3. The first-order valence-electron chi connectivity index (χ1n) is 5.63. The van der Waals surface area contributed by atoms with Crippen LogP contribution in [0.25, 0.3) is 0 Å². The summed E-state index contributed by atoms with van der Waals surface area (Å²) in [5.41, 5.74) is 1.62. The predicted molar refractivity (Wildman–Crippen MR) is 71.6 cm³/mol. The summed E-state index contributed by atoms with van der Waals surface area (Å²) in [5, 5.41) is 3.54. The van der Waals surface area contributed by atoms with Crippen LogP contribution in [0.15, 0.2) is 48.8 Å². The fourth-order valence-electron chi connectivity index (χ4n) is 1.62. The average molecular weight is 261 g/mol. The van der Waals surface area contributed by atoms with Crippen LogP contribution < -0.4 is 5.32 Å². The fraction of sp³-hybridized carbons (Fsp3) is 0.143. The Balaban J connectivity index is 2.06. The van der Waals surface area contributed by atoms with E-state index in [9.17, 15) is 4.79 Å². The van der Waals surface area contributed by atoms with Crippen molar-refractivity contribution >= 4 is 17.5 Å². The third kappa shape index (κ3) is 3.08. The lowest BCUT2D eigenvalue weighted by atomic mass is 10.1. The Morgan fingerprint density at radius 2 is 1.78 bits per heavy atom. The molecule has 2 aromatic rings. The maximum absolute atomic E-state index is 12.0. The second-order valence-electron chi connectivity index (χ2n) is 3.98. The molecule has 2 rings (SSSR count). The number of carbonyl (C=O) groups excluding carboxylic acids is 1. The second kappa shape index (κ2) is 5.65. The number of aromatic nitrogens is 1. The minimum atomic E-state index is -0.115. The smallest absolute Gasteiger partial charge is 0.251 e. The Hall–Kier alpha value is -1.87. The Morgan fingerprint density at radius 1 is 1.17 bits per heavy atom. The molecule has 4 heteroatoms. The van der Waals surface area contributed by atoms with Crippen LogP contribution >= 0.6 is 11.6 Å². The van der Waals surface area contributed by atoms with Gasteiger partial charge in [0.15, 0.2) is 0 Å². The van der Waals surface area contributed by atoms with E-state index >= 15 is 0 Å². The lowest BCUT2D eigenvalue weighted by molar-refractivity contribution is 0.0940. The van der Waals surface area contributed by atoms with E-state index in [-0.39, 0.29) is 11.9 Å². The number of amides is 1. The summed E-state index contributed by atoms with van der Waals surface area (Å²) in [6.07, 6.45) is 3.42. The number of nitrogens with zero attached hydrogens (tertiary/aromatic N) is 1. The maximum Gasteiger partial charge on any atom is 0.251 e. The molecule has 1 atom stereocenters. The summed E-state index contributed by atoms with van der Waals surface area (Å²) in [7, 11) is 0. The molecule has 18 heavy (non-hydrogen) atoms. The van der Waals surface area contributed by atoms with Crippen molar-refractivity contribution in [1.29, 1.82) is 0 Å². The molecule has 0 bridgehead atoms. The van der Waals surface area contributed by atoms with E-state index in [1.165, 1.54) is 0 Å². The molecular weight excluding hydrogens is 248 g/mol. The van der Waals surface area contributed by atoms with Crippen LogP contribution in [0.2, 0.25) is 5.02 Å². The van der Waals surface area contributed by atoms with Crippen molar-refractivity contribution in [2.24, 2.45) is 0 Å². The van der Waals surface area contributed by atoms with E-state index in [0.717, 1.165) is 5.56 Å². The molecule has 1 amide bonds. The van der Waals surface area contributed by atoms with Crippen molar-refractivity contribution in [2.75, 3.05) is 0 Å². The molecule has 1 aromatic carbocycles. The number of halogens is 1. The molecule has 1 heterocycles. The van der Waals surface area contributed by atoms with Crippen LogP contribution in [0.3, 0.4) is 0 Å². The van der Waals surface area contributed by atoms with E-state index in [1.807, 2.05) is 19.1 Å². The first-order valence-corrected chi connectivity index (χ1v) is 6.01. The summed E-state index contributed by atoms with van der Waals surface area (Å²) in [6.45, 7) is 1.93. The molecule has 0 saturated carbocycles. The van der Waals surface area contributed by atoms with Gasteiger partial charge in [-0.3, -0.25) is 9.78 Å². The lowest BCUT2D eigenvalue weighted by Gasteiger charge is -2.14. The summed E-state index contributed by atoms with van der Waals surface area (Å²) >= 11 is 5.78. The van der Waals surface area contributed by atoms with Gasteiger partial charge in [0.1, 0.15) is 0 Å². The molecule has 0 aliphatic rings. The largest absolute Gasteiger partial charge is 0.346 e. The predicted octanol–water partition coefficient (Wildman–Crippen LogP) is 3.23. The molecule has 0 unspecified atom stereocenters. The monoisotopic (exact) mass is 260 g/mol. The number of carbonyl (C=O) groups is 1. The van der Waals surface area contributed by atoms with Crippen molar-refractivity contribution in [1.82, 2.24) is 10.3 Å². The molecule has 0 spiro atoms. The Kier molecular flexibility index (Phi) is 3.95. The average Bonchev–Trinajstić information content (AvgIpc) is 2.40. The van der Waals surface area contributed by atoms with Gasteiger partial charge in [-0.2, -0.15) is 0 Å². The van der Waals surface area contributed by atoms with Gasteiger partial charge in [-0.1, -0.05) is 11.6 Å². The van der Waals surface area contributed by atoms with Gasteiger partial charge in [0.25, 0.3) is 5.91 Å². The first kappa shape index (κ1) is 12.6. The fourth-order valence-corrected chi connectivity index (χ4v) is 1.74. The molecular formula is C14H13ClN2O. The highest BCUT2D eigenvalue weighted by Gasteiger charge is 2.10. The number of benzene rings is 1. The zero-order valence-corrected chi connectivity index (χ0v) is 10.7. The number of hydrogen-bond acceptors (Lipinski definition) is 2. The van der Waals surface area contributed by atoms with Gasteiger partial charge in [0, 0.05) is 23.0 Å². The van der Waals surface area contributed by atoms with Crippen molar-refractivity contribution in [3.8, 4) is 0 Å². The van der Waals surface area contributed by atoms with E-state index in [1.54, 1.807) is 36.7 Å². The van der Waals surface area contributed by atoms with Crippen molar-refractivity contribution < 1.29 is 4.79 Å². The number of pyridine rings is 1. The molecule has 0 aliphatic heterocycles. The highest BCUT2D eigenvalue weighted by Crippen LogP contribution is 2.13. The zero-order chi connectivity index (χ0) is 13.0. The molecule has 1 aromatic heterocycles. The minimum absolute atomic E-state index is 0.0591. The Labute approximate surface area is 111 Å². The number of nitrogens with one attached hydrogen (secondary N) is 1. The van der Waals surface area contributed by atoms with E-state index in [0.29, 0.717) is 10.6 Å². The Bertz CT molecular complexity index is 525. The molecule has 92 valence electrons. The van der Waals surface area contributed by atoms with Crippen LogP contribution in [-0.2, 0) is 0 Å². The number of hydrogen-bond donors (Lipinski definition) is 1. The SMILES string of the molecule is C[C@@H](NC(=O)c1ccc(Cl)cc1)c1ccncc1. The zero-order valence-electron chi connectivity index (χ0n) is 9.93. The van der Waals surface area contributed by atoms with Gasteiger partial charge in [0.2, 0.25) is 0 Å². The highest BCUT2D eigenvalue weighted by molar-refractivity contribution is 6.30. The summed E-state index contributed by atoms with van der Waals surface area (Å²) in [6, 6.07) is 10.5. The molecule has 0 saturated heterocycles. The first-order chi connectivity index (χ1) is 8.66. The summed E-state index contributed by atoms with van der Waals surface area (Å²) < 4.78 is 0. The normalized spacial score (nSPS) is 11.9. The summed E-state index contributed by atoms with van der Waals surface area (Å²) in [5.74, 6) is -0.115. The maximum atomic E-state index is 12.0. The standard InChI is InChI=1S/C14H13ClN2O/c1-10(11-6-8-16-9-7-11)17-14(18)12-2-4-13(15)5-3-12/h2-10H,1H3,(H,17,18)/t10-/m1/s1. The Morgan fingerprint density at radius 3 is 2.39 bits per heavy atom. The van der Waals surface area contributed by atoms with Crippen molar-refractivity contribution in [3.05, 3.63) is 64.9 Å². The van der Waals surface area contributed by atoms with Crippen molar-refractivity contribution in [2.45, 2.75) is 13.0 Å².